The lowest BCUT2D eigenvalue weighted by Gasteiger charge is -2.29. The van der Waals surface area contributed by atoms with Crippen molar-refractivity contribution >= 4 is 44.5 Å². The minimum Gasteiger partial charge on any atom is -0.755 e. The smallest absolute Gasteiger partial charge is 0.410 e. The predicted octanol–water partition coefficient (Wildman–Crippen LogP) is 4.66. The van der Waals surface area contributed by atoms with Crippen LogP contribution in [0.5, 0.6) is 17.2 Å². The number of rotatable bonds is 6. The summed E-state index contributed by atoms with van der Waals surface area (Å²) in [5, 5.41) is 0.413. The summed E-state index contributed by atoms with van der Waals surface area (Å²) in [5.74, 6) is 0.310. The maximum absolute atomic E-state index is 13.2. The summed E-state index contributed by atoms with van der Waals surface area (Å²) in [4.78, 5) is 27.3. The average Bonchev–Trinajstić information content (AvgIpc) is 2.94. The Balaban J connectivity index is 1.89. The quantitative estimate of drug-likeness (QED) is 0.339. The van der Waals surface area contributed by atoms with Gasteiger partial charge < -0.3 is 32.5 Å². The van der Waals surface area contributed by atoms with Crippen LogP contribution in [-0.4, -0.2) is 69.5 Å². The second-order valence-electron chi connectivity index (χ2n) is 11.3. The highest BCUT2D eigenvalue weighted by Crippen LogP contribution is 2.42. The van der Waals surface area contributed by atoms with Crippen LogP contribution in [0.2, 0.25) is 5.02 Å². The van der Waals surface area contributed by atoms with Crippen molar-refractivity contribution in [2.45, 2.75) is 39.8 Å². The number of ether oxygens (including phenoxy) is 3. The Morgan fingerprint density at radius 1 is 1.11 bits per heavy atom. The summed E-state index contributed by atoms with van der Waals surface area (Å²) in [6.45, 7) is 6.59. The van der Waals surface area contributed by atoms with Gasteiger partial charge in [-0.15, -0.1) is 0 Å². The van der Waals surface area contributed by atoms with Crippen LogP contribution in [0.4, 0.5) is 10.5 Å². The van der Waals surface area contributed by atoms with Crippen LogP contribution in [0.25, 0.3) is 11.1 Å². The van der Waals surface area contributed by atoms with E-state index in [1.807, 2.05) is 0 Å². The number of sulfone groups is 1. The molecule has 0 N–H and O–H groups in total. The van der Waals surface area contributed by atoms with Crippen LogP contribution in [0.3, 0.4) is 0 Å². The fourth-order valence-electron chi connectivity index (χ4n) is 4.49. The largest absolute Gasteiger partial charge is 0.755 e. The van der Waals surface area contributed by atoms with Crippen LogP contribution < -0.4 is 19.3 Å². The molecule has 45 heavy (non-hydrogen) atoms. The van der Waals surface area contributed by atoms with Crippen molar-refractivity contribution in [1.29, 1.82) is 0 Å². The lowest BCUT2D eigenvalue weighted by atomic mass is 10.0. The van der Waals surface area contributed by atoms with Crippen molar-refractivity contribution in [2.24, 2.45) is 7.05 Å². The molecule has 1 atom stereocenters. The molecular formula is C30H35ClN3O9S2-. The van der Waals surface area contributed by atoms with Crippen LogP contribution in [0, 0.1) is 0 Å². The van der Waals surface area contributed by atoms with E-state index < -0.39 is 32.8 Å². The Kier molecular flexibility index (Phi) is 10.5. The van der Waals surface area contributed by atoms with Gasteiger partial charge in [0.1, 0.15) is 29.5 Å². The fraction of sp³-hybridized carbons (Fsp3) is 0.400. The SMILES string of the molecule is CCS(=O)(=O)CCN(c1ccc2c(c1)-c1cn(C)c(=O)cc1OCCN(C(=O)OC(C)(C)C)Cc1cc(Cl)ccc1O2)S(=O)[O-]. The highest BCUT2D eigenvalue weighted by molar-refractivity contribution is 7.91. The van der Waals surface area contributed by atoms with E-state index >= 15 is 0 Å². The topological polar surface area (TPSA) is 148 Å². The first-order valence-corrected chi connectivity index (χ1v) is 17.3. The monoisotopic (exact) mass is 680 g/mol. The van der Waals surface area contributed by atoms with E-state index in [0.29, 0.717) is 27.5 Å². The van der Waals surface area contributed by atoms with Gasteiger partial charge in [-0.05, 0) is 57.2 Å². The molecule has 0 spiro atoms. The first-order valence-electron chi connectivity index (χ1n) is 14.1. The Morgan fingerprint density at radius 3 is 2.49 bits per heavy atom. The van der Waals surface area contributed by atoms with Gasteiger partial charge >= 0.3 is 6.09 Å². The fourth-order valence-corrected chi connectivity index (χ4v) is 6.07. The van der Waals surface area contributed by atoms with Crippen LogP contribution in [0.1, 0.15) is 33.3 Å². The third kappa shape index (κ3) is 8.78. The minimum atomic E-state index is -3.46. The lowest BCUT2D eigenvalue weighted by Crippen LogP contribution is -2.38. The molecule has 1 amide bonds. The highest BCUT2D eigenvalue weighted by atomic mass is 35.5. The number of carbonyl (C=O) groups is 1. The standard InChI is InChI=1S/C30H36ClN3O9S2/c1-6-45(39,40)14-12-34(44(37)38)22-8-10-26-23(16-22)24-19-32(5)28(35)17-27(24)41-13-11-33(29(36)43-30(2,3)4)18-20-15-21(31)7-9-25(20)42-26/h7-10,15-17,19H,6,11-14,18H2,1-5H3,(H,37,38)/p-1. The van der Waals surface area contributed by atoms with Gasteiger partial charge in [0, 0.05) is 70.3 Å². The minimum absolute atomic E-state index is 0.0171. The molecule has 1 aliphatic heterocycles. The van der Waals surface area contributed by atoms with Crippen molar-refractivity contribution < 1.29 is 36.2 Å². The molecule has 1 aliphatic rings. The molecule has 4 rings (SSSR count). The summed E-state index contributed by atoms with van der Waals surface area (Å²) >= 11 is 3.53. The van der Waals surface area contributed by atoms with Gasteiger partial charge in [0.2, 0.25) is 0 Å². The van der Waals surface area contributed by atoms with Gasteiger partial charge in [0.05, 0.1) is 18.8 Å². The van der Waals surface area contributed by atoms with Gasteiger partial charge in [0.15, 0.2) is 9.84 Å². The molecule has 12 nitrogen and oxygen atoms in total. The molecule has 1 unspecified atom stereocenters. The number of amides is 1. The van der Waals surface area contributed by atoms with Crippen molar-refractivity contribution in [1.82, 2.24) is 9.47 Å². The maximum atomic E-state index is 13.2. The number of halogens is 1. The molecule has 0 radical (unpaired) electrons. The molecule has 2 heterocycles. The molecule has 15 heteroatoms. The third-order valence-corrected chi connectivity index (χ3v) is 9.50. The van der Waals surface area contributed by atoms with E-state index in [-0.39, 0.29) is 60.5 Å². The number of nitrogens with zero attached hydrogens (tertiary/aromatic N) is 3. The van der Waals surface area contributed by atoms with E-state index in [4.69, 9.17) is 25.8 Å². The zero-order valence-electron chi connectivity index (χ0n) is 25.6. The molecule has 0 saturated carbocycles. The van der Waals surface area contributed by atoms with E-state index in [9.17, 15) is 26.8 Å². The van der Waals surface area contributed by atoms with E-state index in [1.165, 1.54) is 40.8 Å². The Morgan fingerprint density at radius 2 is 1.82 bits per heavy atom. The van der Waals surface area contributed by atoms with Crippen molar-refractivity contribution in [3.05, 3.63) is 69.6 Å². The maximum Gasteiger partial charge on any atom is 0.410 e. The van der Waals surface area contributed by atoms with Crippen molar-refractivity contribution in [3.8, 4) is 28.4 Å². The number of fused-ring (bicyclic) bond motifs is 4. The second kappa shape index (κ2) is 13.8. The first-order chi connectivity index (χ1) is 21.1. The molecule has 0 fully saturated rings. The molecule has 1 aromatic heterocycles. The number of pyridine rings is 1. The number of carbonyl (C=O) groups excluding carboxylic acids is 1. The number of benzene rings is 2. The Bertz CT molecular complexity index is 1770. The summed E-state index contributed by atoms with van der Waals surface area (Å²) in [6.07, 6.45) is 0.947. The van der Waals surface area contributed by atoms with Gasteiger partial charge in [0.25, 0.3) is 5.56 Å². The molecule has 3 aromatic rings. The Hall–Kier alpha value is -3.59. The van der Waals surface area contributed by atoms with Gasteiger partial charge in [-0.2, -0.15) is 0 Å². The summed E-state index contributed by atoms with van der Waals surface area (Å²) in [5.41, 5.74) is 0.389. The molecule has 0 aliphatic carbocycles. The normalized spacial score (nSPS) is 14.3. The van der Waals surface area contributed by atoms with Crippen LogP contribution in [0.15, 0.2) is 53.5 Å². The number of aryl methyl sites for hydroxylation is 1. The van der Waals surface area contributed by atoms with Crippen molar-refractivity contribution in [3.63, 3.8) is 0 Å². The molecule has 0 saturated heterocycles. The highest BCUT2D eigenvalue weighted by Gasteiger charge is 2.26. The number of hydrogen-bond donors (Lipinski definition) is 0. The zero-order chi connectivity index (χ0) is 33.1. The first kappa shape index (κ1) is 34.3. The van der Waals surface area contributed by atoms with E-state index in [0.717, 1.165) is 4.31 Å². The molecular weight excluding hydrogens is 646 g/mol. The number of aromatic nitrogens is 1. The Labute approximate surface area is 269 Å². The average molecular weight is 681 g/mol. The van der Waals surface area contributed by atoms with Gasteiger partial charge in [-0.1, -0.05) is 18.5 Å². The molecule has 2 aromatic carbocycles. The predicted molar refractivity (Wildman–Crippen MR) is 171 cm³/mol. The summed E-state index contributed by atoms with van der Waals surface area (Å²) < 4.78 is 69.3. The van der Waals surface area contributed by atoms with Crippen LogP contribution in [-0.2, 0) is 39.4 Å². The third-order valence-electron chi connectivity index (χ3n) is 6.83. The van der Waals surface area contributed by atoms with Gasteiger partial charge in [-0.3, -0.25) is 9.00 Å². The summed E-state index contributed by atoms with van der Waals surface area (Å²) in [7, 11) is -1.91. The molecule has 244 valence electrons. The van der Waals surface area contributed by atoms with Crippen LogP contribution >= 0.6 is 11.6 Å². The number of hydrogen-bond acceptors (Lipinski definition) is 9. The van der Waals surface area contributed by atoms with Crippen molar-refractivity contribution in [2.75, 3.05) is 35.5 Å². The summed E-state index contributed by atoms with van der Waals surface area (Å²) in [6, 6.07) is 10.8. The molecule has 0 bridgehead atoms. The number of anilines is 1. The lowest BCUT2D eigenvalue weighted by molar-refractivity contribution is 0.0208. The zero-order valence-corrected chi connectivity index (χ0v) is 28.0. The second-order valence-corrected chi connectivity index (χ2v) is 15.1. The van der Waals surface area contributed by atoms with Gasteiger partial charge in [-0.25, -0.2) is 13.2 Å². The van der Waals surface area contributed by atoms with E-state index in [2.05, 4.69) is 0 Å². The van der Waals surface area contributed by atoms with E-state index in [1.54, 1.807) is 52.1 Å².